The highest BCUT2D eigenvalue weighted by Crippen LogP contribution is 2.42. The largest absolute Gasteiger partial charge is 0.495 e. The number of rotatable bonds is 6. The summed E-state index contributed by atoms with van der Waals surface area (Å²) in [5.74, 6) is 0.904. The van der Waals surface area contributed by atoms with Gasteiger partial charge in [-0.25, -0.2) is 4.63 Å². The second-order valence-electron chi connectivity index (χ2n) is 7.45. The summed E-state index contributed by atoms with van der Waals surface area (Å²) in [6.07, 6.45) is 1.82. The highest BCUT2D eigenvalue weighted by atomic mass is 16.6. The minimum atomic E-state index is -0.520. The number of methoxy groups -OCH3 is 1. The van der Waals surface area contributed by atoms with Crippen LogP contribution in [0.2, 0.25) is 0 Å². The van der Waals surface area contributed by atoms with Gasteiger partial charge in [0.05, 0.1) is 28.3 Å². The molecule has 1 aliphatic rings. The molecular formula is C19H20N6O6. The van der Waals surface area contributed by atoms with Gasteiger partial charge in [0.15, 0.2) is 5.52 Å². The number of nitro benzene ring substituents is 2. The second-order valence-corrected chi connectivity index (χ2v) is 7.45. The van der Waals surface area contributed by atoms with E-state index in [1.807, 2.05) is 4.90 Å². The summed E-state index contributed by atoms with van der Waals surface area (Å²) >= 11 is 0. The van der Waals surface area contributed by atoms with Crippen LogP contribution in [0.4, 0.5) is 28.4 Å². The first kappa shape index (κ1) is 20.3. The van der Waals surface area contributed by atoms with Gasteiger partial charge < -0.3 is 15.0 Å². The third-order valence-corrected chi connectivity index (χ3v) is 5.46. The van der Waals surface area contributed by atoms with Gasteiger partial charge in [0.1, 0.15) is 11.4 Å². The molecule has 1 fully saturated rings. The summed E-state index contributed by atoms with van der Waals surface area (Å²) in [7, 11) is 1.44. The fraction of sp³-hybridized carbons (Fsp3) is 0.368. The number of nitro groups is 2. The lowest BCUT2D eigenvalue weighted by Gasteiger charge is -2.32. The van der Waals surface area contributed by atoms with Crippen molar-refractivity contribution in [2.24, 2.45) is 5.92 Å². The van der Waals surface area contributed by atoms with Crippen LogP contribution in [0.3, 0.4) is 0 Å². The van der Waals surface area contributed by atoms with E-state index in [-0.39, 0.29) is 22.4 Å². The van der Waals surface area contributed by atoms with E-state index in [0.29, 0.717) is 41.8 Å². The Morgan fingerprint density at radius 2 is 1.81 bits per heavy atom. The van der Waals surface area contributed by atoms with Crippen molar-refractivity contribution in [1.29, 1.82) is 0 Å². The fourth-order valence-corrected chi connectivity index (χ4v) is 3.73. The summed E-state index contributed by atoms with van der Waals surface area (Å²) in [5.41, 5.74) is 0.920. The van der Waals surface area contributed by atoms with Crippen LogP contribution in [0.25, 0.3) is 11.0 Å². The van der Waals surface area contributed by atoms with Crippen LogP contribution < -0.4 is 15.0 Å². The highest BCUT2D eigenvalue weighted by Gasteiger charge is 2.30. The Bertz CT molecular complexity index is 1150. The van der Waals surface area contributed by atoms with Crippen LogP contribution in [0.15, 0.2) is 28.9 Å². The number of hydrogen-bond donors (Lipinski definition) is 1. The fourth-order valence-electron chi connectivity index (χ4n) is 3.73. The maximum absolute atomic E-state index is 11.9. The summed E-state index contributed by atoms with van der Waals surface area (Å²) < 4.78 is 10.1. The van der Waals surface area contributed by atoms with E-state index in [4.69, 9.17) is 9.37 Å². The van der Waals surface area contributed by atoms with E-state index >= 15 is 0 Å². The van der Waals surface area contributed by atoms with Gasteiger partial charge in [0.2, 0.25) is 5.52 Å². The van der Waals surface area contributed by atoms with E-state index in [2.05, 4.69) is 22.6 Å². The normalized spacial score (nSPS) is 14.6. The van der Waals surface area contributed by atoms with Crippen LogP contribution in [0, 0.1) is 26.1 Å². The van der Waals surface area contributed by atoms with E-state index in [9.17, 15) is 20.2 Å². The highest BCUT2D eigenvalue weighted by molar-refractivity contribution is 6.01. The molecule has 1 aliphatic heterocycles. The number of aromatic nitrogens is 2. The molecule has 0 bridgehead atoms. The molecule has 1 N–H and O–H groups in total. The van der Waals surface area contributed by atoms with Gasteiger partial charge in [-0.15, -0.1) is 0 Å². The van der Waals surface area contributed by atoms with Crippen molar-refractivity contribution < 1.29 is 19.2 Å². The molecule has 12 nitrogen and oxygen atoms in total. The molecule has 2 heterocycles. The molecule has 0 atom stereocenters. The third-order valence-electron chi connectivity index (χ3n) is 5.46. The first-order valence-electron chi connectivity index (χ1n) is 9.67. The molecule has 0 aliphatic carbocycles. The zero-order valence-corrected chi connectivity index (χ0v) is 16.9. The van der Waals surface area contributed by atoms with Crippen molar-refractivity contribution >= 4 is 39.5 Å². The lowest BCUT2D eigenvalue weighted by Crippen LogP contribution is -2.33. The van der Waals surface area contributed by atoms with Crippen LogP contribution in [0.5, 0.6) is 5.75 Å². The number of benzene rings is 2. The van der Waals surface area contributed by atoms with Gasteiger partial charge in [-0.1, -0.05) is 6.92 Å². The van der Waals surface area contributed by atoms with E-state index in [0.717, 1.165) is 12.8 Å². The van der Waals surface area contributed by atoms with Crippen molar-refractivity contribution in [3.63, 3.8) is 0 Å². The predicted octanol–water partition coefficient (Wildman–Crippen LogP) is 4.03. The first-order chi connectivity index (χ1) is 14.9. The van der Waals surface area contributed by atoms with Gasteiger partial charge in [-0.2, -0.15) is 0 Å². The number of fused-ring (bicyclic) bond motifs is 1. The van der Waals surface area contributed by atoms with Crippen molar-refractivity contribution in [3.05, 3.63) is 44.5 Å². The number of nitrogens with zero attached hydrogens (tertiary/aromatic N) is 5. The average molecular weight is 428 g/mol. The minimum Gasteiger partial charge on any atom is -0.495 e. The topological polar surface area (TPSA) is 150 Å². The Balaban J connectivity index is 1.85. The number of hydrogen-bond acceptors (Lipinski definition) is 10. The molecule has 162 valence electrons. The van der Waals surface area contributed by atoms with Gasteiger partial charge in [-0.3, -0.25) is 20.2 Å². The maximum atomic E-state index is 11.9. The van der Waals surface area contributed by atoms with E-state index < -0.39 is 9.85 Å². The van der Waals surface area contributed by atoms with Crippen LogP contribution in [-0.2, 0) is 0 Å². The first-order valence-corrected chi connectivity index (χ1v) is 9.67. The van der Waals surface area contributed by atoms with Gasteiger partial charge in [0, 0.05) is 25.2 Å². The van der Waals surface area contributed by atoms with Gasteiger partial charge >= 0.3 is 5.69 Å². The zero-order valence-electron chi connectivity index (χ0n) is 16.9. The second kappa shape index (κ2) is 8.05. The molecule has 0 saturated carbocycles. The average Bonchev–Trinajstić information content (AvgIpc) is 3.23. The monoisotopic (exact) mass is 428 g/mol. The molecule has 12 heteroatoms. The van der Waals surface area contributed by atoms with Crippen LogP contribution in [0.1, 0.15) is 19.8 Å². The van der Waals surface area contributed by atoms with Crippen molar-refractivity contribution in [1.82, 2.24) is 10.3 Å². The molecule has 3 aromatic rings. The van der Waals surface area contributed by atoms with Gasteiger partial charge in [-0.05, 0) is 41.2 Å². The number of ether oxygens (including phenoxy) is 1. The number of non-ortho nitro benzene ring substituents is 1. The molecule has 0 amide bonds. The SMILES string of the molecule is COc1ccc([N+](=O)[O-])cc1Nc1cc(N2CCC(C)CC2)c([N+](=O)[O-])c2nonc12. The molecular weight excluding hydrogens is 408 g/mol. The molecule has 0 spiro atoms. The van der Waals surface area contributed by atoms with E-state index in [1.54, 1.807) is 6.07 Å². The van der Waals surface area contributed by atoms with Crippen molar-refractivity contribution in [2.45, 2.75) is 19.8 Å². The lowest BCUT2D eigenvalue weighted by molar-refractivity contribution is -0.384. The van der Waals surface area contributed by atoms with Crippen LogP contribution in [-0.4, -0.2) is 40.4 Å². The Morgan fingerprint density at radius 3 is 2.45 bits per heavy atom. The van der Waals surface area contributed by atoms with Gasteiger partial charge in [0.25, 0.3) is 5.69 Å². The molecule has 1 saturated heterocycles. The summed E-state index contributed by atoms with van der Waals surface area (Å²) in [6, 6.07) is 5.73. The molecule has 4 rings (SSSR count). The minimum absolute atomic E-state index is 0.00743. The number of nitrogens with one attached hydrogen (secondary N) is 1. The predicted molar refractivity (Wildman–Crippen MR) is 112 cm³/mol. The molecule has 0 radical (unpaired) electrons. The Morgan fingerprint density at radius 1 is 1.10 bits per heavy atom. The maximum Gasteiger partial charge on any atom is 0.323 e. The number of anilines is 3. The number of piperidine rings is 1. The quantitative estimate of drug-likeness (QED) is 0.450. The van der Waals surface area contributed by atoms with E-state index in [1.165, 1.54) is 25.3 Å². The standard InChI is InChI=1S/C19H20N6O6/c1-11-5-7-23(8-6-11)15-10-14(17-18(22-31-21-17)19(15)25(28)29)20-13-9-12(24(26)27)3-4-16(13)30-2/h3-4,9-11,20H,5-8H2,1-2H3. The summed E-state index contributed by atoms with van der Waals surface area (Å²) in [5, 5.41) is 33.7. The summed E-state index contributed by atoms with van der Waals surface area (Å²) in [6.45, 7) is 3.48. The van der Waals surface area contributed by atoms with Crippen LogP contribution >= 0.6 is 0 Å². The molecule has 2 aromatic carbocycles. The Labute approximate surface area is 176 Å². The molecule has 0 unspecified atom stereocenters. The zero-order chi connectivity index (χ0) is 22.1. The van der Waals surface area contributed by atoms with Crippen molar-refractivity contribution in [3.8, 4) is 5.75 Å². The Kier molecular flexibility index (Phi) is 5.28. The molecule has 31 heavy (non-hydrogen) atoms. The molecule has 1 aromatic heterocycles. The Hall–Kier alpha value is -3.96. The summed E-state index contributed by atoms with van der Waals surface area (Å²) in [4.78, 5) is 24.0. The lowest BCUT2D eigenvalue weighted by atomic mass is 9.98. The van der Waals surface area contributed by atoms with Crippen molar-refractivity contribution in [2.75, 3.05) is 30.4 Å². The smallest absolute Gasteiger partial charge is 0.323 e. The third kappa shape index (κ3) is 3.79.